The van der Waals surface area contributed by atoms with Crippen LogP contribution in [-0.2, 0) is 17.5 Å². The summed E-state index contributed by atoms with van der Waals surface area (Å²) in [6, 6.07) is 8.10. The number of ether oxygens (including phenoxy) is 1. The summed E-state index contributed by atoms with van der Waals surface area (Å²) in [4.78, 5) is 12.4. The van der Waals surface area contributed by atoms with Crippen LogP contribution in [0.1, 0.15) is 32.6 Å². The molecule has 0 atom stereocenters. The Morgan fingerprint density at radius 2 is 1.90 bits per heavy atom. The molecule has 0 aromatic heterocycles. The number of benzene rings is 2. The number of esters is 1. The van der Waals surface area contributed by atoms with E-state index in [2.05, 4.69) is 10.6 Å². The van der Waals surface area contributed by atoms with E-state index in [0.29, 0.717) is 29.3 Å². The van der Waals surface area contributed by atoms with Crippen molar-refractivity contribution in [3.05, 3.63) is 64.2 Å². The number of thiocarbonyl (C=S) groups is 1. The molecular formula is C20H22F3N3O2S. The number of alkyl halides is 3. The van der Waals surface area contributed by atoms with Crippen LogP contribution in [0, 0.1) is 13.8 Å². The highest BCUT2D eigenvalue weighted by Gasteiger charge is 2.30. The molecule has 0 aliphatic carbocycles. The average Bonchev–Trinajstić information content (AvgIpc) is 2.66. The van der Waals surface area contributed by atoms with Crippen LogP contribution in [0.3, 0.4) is 0 Å². The molecule has 29 heavy (non-hydrogen) atoms. The van der Waals surface area contributed by atoms with Gasteiger partial charge in [0.25, 0.3) is 0 Å². The van der Waals surface area contributed by atoms with Crippen molar-refractivity contribution in [1.29, 1.82) is 0 Å². The lowest BCUT2D eigenvalue weighted by Gasteiger charge is -2.15. The van der Waals surface area contributed by atoms with Crippen LogP contribution in [0.15, 0.2) is 36.4 Å². The molecule has 2 aromatic rings. The third-order valence-electron chi connectivity index (χ3n) is 4.09. The zero-order chi connectivity index (χ0) is 21.6. The smallest absolute Gasteiger partial charge is 0.416 e. The number of hydrogen-bond acceptors (Lipinski definition) is 4. The maximum Gasteiger partial charge on any atom is 0.416 e. The van der Waals surface area contributed by atoms with Crippen molar-refractivity contribution in [2.75, 3.05) is 18.4 Å². The number of anilines is 1. The van der Waals surface area contributed by atoms with Crippen LogP contribution < -0.4 is 16.4 Å². The largest absolute Gasteiger partial charge is 0.457 e. The van der Waals surface area contributed by atoms with Gasteiger partial charge in [0.05, 0.1) is 11.1 Å². The van der Waals surface area contributed by atoms with Gasteiger partial charge in [0.15, 0.2) is 5.11 Å². The summed E-state index contributed by atoms with van der Waals surface area (Å²) in [5, 5.41) is 6.39. The number of hydrogen-bond donors (Lipinski definition) is 3. The number of nitrogens with one attached hydrogen (secondary N) is 2. The average molecular weight is 425 g/mol. The molecule has 0 unspecified atom stereocenters. The van der Waals surface area contributed by atoms with Gasteiger partial charge < -0.3 is 21.1 Å². The van der Waals surface area contributed by atoms with Crippen LogP contribution in [0.5, 0.6) is 0 Å². The highest BCUT2D eigenvalue weighted by Crippen LogP contribution is 2.29. The summed E-state index contributed by atoms with van der Waals surface area (Å²) < 4.78 is 43.6. The molecular weight excluding hydrogens is 403 g/mol. The predicted octanol–water partition coefficient (Wildman–Crippen LogP) is 3.92. The molecule has 2 aromatic carbocycles. The van der Waals surface area contributed by atoms with Crippen LogP contribution in [0.2, 0.25) is 0 Å². The summed E-state index contributed by atoms with van der Waals surface area (Å²) in [7, 11) is 0. The Kier molecular flexibility index (Phi) is 7.58. The number of aryl methyl sites for hydroxylation is 2. The van der Waals surface area contributed by atoms with Crippen molar-refractivity contribution in [3.63, 3.8) is 0 Å². The van der Waals surface area contributed by atoms with Gasteiger partial charge >= 0.3 is 12.1 Å². The molecule has 0 bridgehead atoms. The molecule has 0 radical (unpaired) electrons. The first-order valence-corrected chi connectivity index (χ1v) is 9.22. The molecule has 0 amide bonds. The number of nitrogens with two attached hydrogens (primary N) is 1. The van der Waals surface area contributed by atoms with Crippen molar-refractivity contribution in [2.45, 2.75) is 26.6 Å². The van der Waals surface area contributed by atoms with Gasteiger partial charge in [0, 0.05) is 18.8 Å². The van der Waals surface area contributed by atoms with Crippen molar-refractivity contribution >= 4 is 29.0 Å². The first-order chi connectivity index (χ1) is 13.6. The Balaban J connectivity index is 2.08. The van der Waals surface area contributed by atoms with Crippen LogP contribution in [0.4, 0.5) is 18.9 Å². The number of carbonyl (C=O) groups is 1. The van der Waals surface area contributed by atoms with Gasteiger partial charge in [-0.25, -0.2) is 4.79 Å². The predicted molar refractivity (Wildman–Crippen MR) is 110 cm³/mol. The van der Waals surface area contributed by atoms with E-state index in [1.807, 2.05) is 0 Å². The second-order valence-electron chi connectivity index (χ2n) is 6.43. The molecule has 9 heteroatoms. The molecule has 0 aliphatic rings. The monoisotopic (exact) mass is 425 g/mol. The van der Waals surface area contributed by atoms with Gasteiger partial charge in [-0.3, -0.25) is 0 Å². The Morgan fingerprint density at radius 3 is 2.55 bits per heavy atom. The standard InChI is InChI=1S/C20H22F3N3O2S/c1-12-9-17(26-19(29)25-7-6-24)13(2)8-16(12)18(27)28-11-14-4-3-5-15(10-14)20(21,22)23/h3-5,8-10H,6-7,11,24H2,1-2H3,(H2,25,26,29). The van der Waals surface area contributed by atoms with Crippen LogP contribution >= 0.6 is 12.2 Å². The third-order valence-corrected chi connectivity index (χ3v) is 4.34. The molecule has 2 rings (SSSR count). The van der Waals surface area contributed by atoms with Crippen molar-refractivity contribution in [1.82, 2.24) is 5.32 Å². The summed E-state index contributed by atoms with van der Waals surface area (Å²) in [6.07, 6.45) is -4.45. The van der Waals surface area contributed by atoms with E-state index in [1.54, 1.807) is 26.0 Å². The minimum absolute atomic E-state index is 0.256. The van der Waals surface area contributed by atoms with Gasteiger partial charge in [0.2, 0.25) is 0 Å². The fourth-order valence-corrected chi connectivity index (χ4v) is 2.80. The summed E-state index contributed by atoms with van der Waals surface area (Å²) in [5.41, 5.74) is 7.37. The Hall–Kier alpha value is -2.65. The molecule has 5 nitrogen and oxygen atoms in total. The summed E-state index contributed by atoms with van der Waals surface area (Å²) in [6.45, 7) is 4.26. The molecule has 156 valence electrons. The molecule has 0 saturated carbocycles. The Morgan fingerprint density at radius 1 is 1.17 bits per heavy atom. The van der Waals surface area contributed by atoms with Gasteiger partial charge in [-0.15, -0.1) is 0 Å². The van der Waals surface area contributed by atoms with E-state index in [0.717, 1.165) is 23.4 Å². The Labute approximate surface area is 172 Å². The van der Waals surface area contributed by atoms with Gasteiger partial charge in [-0.05, 0) is 67.0 Å². The Bertz CT molecular complexity index is 901. The van der Waals surface area contributed by atoms with Crippen molar-refractivity contribution in [2.24, 2.45) is 5.73 Å². The highest BCUT2D eigenvalue weighted by molar-refractivity contribution is 7.80. The fourth-order valence-electron chi connectivity index (χ4n) is 2.59. The lowest BCUT2D eigenvalue weighted by atomic mass is 10.0. The first kappa shape index (κ1) is 22.6. The zero-order valence-corrected chi connectivity index (χ0v) is 16.8. The van der Waals surface area contributed by atoms with E-state index in [1.165, 1.54) is 12.1 Å². The molecule has 4 N–H and O–H groups in total. The lowest BCUT2D eigenvalue weighted by molar-refractivity contribution is -0.137. The molecule has 0 aliphatic heterocycles. The molecule has 0 saturated heterocycles. The molecule has 0 fully saturated rings. The number of halogens is 3. The van der Waals surface area contributed by atoms with Crippen molar-refractivity contribution in [3.8, 4) is 0 Å². The minimum Gasteiger partial charge on any atom is -0.457 e. The minimum atomic E-state index is -4.45. The first-order valence-electron chi connectivity index (χ1n) is 8.81. The normalized spacial score (nSPS) is 11.1. The maximum absolute atomic E-state index is 12.8. The second kappa shape index (κ2) is 9.71. The van der Waals surface area contributed by atoms with E-state index >= 15 is 0 Å². The fraction of sp³-hybridized carbons (Fsp3) is 0.300. The van der Waals surface area contributed by atoms with Gasteiger partial charge in [-0.1, -0.05) is 12.1 Å². The SMILES string of the molecule is Cc1cc(C(=O)OCc2cccc(C(F)(F)F)c2)c(C)cc1NC(=S)NCCN. The van der Waals surface area contributed by atoms with Crippen LogP contribution in [-0.4, -0.2) is 24.2 Å². The van der Waals surface area contributed by atoms with E-state index in [9.17, 15) is 18.0 Å². The quantitative estimate of drug-likeness (QED) is 0.481. The summed E-state index contributed by atoms with van der Waals surface area (Å²) in [5.74, 6) is -0.613. The van der Waals surface area contributed by atoms with Crippen molar-refractivity contribution < 1.29 is 22.7 Å². The number of carbonyl (C=O) groups excluding carboxylic acids is 1. The highest BCUT2D eigenvalue weighted by atomic mass is 32.1. The molecule has 0 spiro atoms. The topological polar surface area (TPSA) is 76.4 Å². The van der Waals surface area contributed by atoms with Gasteiger partial charge in [-0.2, -0.15) is 13.2 Å². The van der Waals surface area contributed by atoms with E-state index < -0.39 is 17.7 Å². The number of rotatable bonds is 6. The van der Waals surface area contributed by atoms with Crippen LogP contribution in [0.25, 0.3) is 0 Å². The second-order valence-corrected chi connectivity index (χ2v) is 6.83. The van der Waals surface area contributed by atoms with E-state index in [4.69, 9.17) is 22.7 Å². The summed E-state index contributed by atoms with van der Waals surface area (Å²) >= 11 is 5.17. The van der Waals surface area contributed by atoms with Gasteiger partial charge in [0.1, 0.15) is 6.61 Å². The van der Waals surface area contributed by atoms with E-state index in [-0.39, 0.29) is 12.2 Å². The molecule has 0 heterocycles. The third kappa shape index (κ3) is 6.43. The maximum atomic E-state index is 12.8. The zero-order valence-electron chi connectivity index (χ0n) is 16.0. The lowest BCUT2D eigenvalue weighted by Crippen LogP contribution is -2.32.